The van der Waals surface area contributed by atoms with E-state index in [1.165, 1.54) is 31.3 Å². The number of ketones is 1. The summed E-state index contributed by atoms with van der Waals surface area (Å²) in [6.07, 6.45) is 4.70. The third kappa shape index (κ3) is 3.91. The molecular weight excluding hydrogens is 436 g/mol. The number of halogens is 1. The second-order valence-corrected chi connectivity index (χ2v) is 7.97. The normalized spacial score (nSPS) is 22.4. The lowest BCUT2D eigenvalue weighted by Crippen LogP contribution is -2.36. The van der Waals surface area contributed by atoms with Crippen molar-refractivity contribution in [2.24, 2.45) is 0 Å². The van der Waals surface area contributed by atoms with Crippen LogP contribution in [0.25, 0.3) is 5.76 Å². The van der Waals surface area contributed by atoms with Gasteiger partial charge in [-0.1, -0.05) is 17.7 Å². The highest BCUT2D eigenvalue weighted by Crippen LogP contribution is 2.43. The topological polar surface area (TPSA) is 98.2 Å². The largest absolute Gasteiger partial charge is 0.507 e. The number of nitrogens with zero attached hydrogens (tertiary/aromatic N) is 2. The minimum absolute atomic E-state index is 0.0522. The zero-order valence-corrected chi connectivity index (χ0v) is 18.5. The molecule has 2 unspecified atom stereocenters. The number of aromatic nitrogens is 1. The minimum atomic E-state index is -0.820. The third-order valence-corrected chi connectivity index (χ3v) is 5.99. The zero-order chi connectivity index (χ0) is 22.8. The number of hydrogen-bond acceptors (Lipinski definition) is 7. The van der Waals surface area contributed by atoms with E-state index in [-0.39, 0.29) is 40.3 Å². The zero-order valence-electron chi connectivity index (χ0n) is 17.7. The van der Waals surface area contributed by atoms with Crippen LogP contribution in [0.3, 0.4) is 0 Å². The van der Waals surface area contributed by atoms with Crippen molar-refractivity contribution in [1.82, 2.24) is 9.88 Å². The van der Waals surface area contributed by atoms with Gasteiger partial charge < -0.3 is 24.2 Å². The van der Waals surface area contributed by atoms with Gasteiger partial charge in [-0.3, -0.25) is 14.6 Å². The van der Waals surface area contributed by atoms with Crippen molar-refractivity contribution in [1.29, 1.82) is 0 Å². The van der Waals surface area contributed by atoms with Gasteiger partial charge in [0.1, 0.15) is 17.3 Å². The summed E-state index contributed by atoms with van der Waals surface area (Å²) in [6.45, 7) is 0.857. The maximum absolute atomic E-state index is 13.1. The van der Waals surface area contributed by atoms with Crippen LogP contribution in [0.15, 0.2) is 42.2 Å². The maximum Gasteiger partial charge on any atom is 0.295 e. The fourth-order valence-electron chi connectivity index (χ4n) is 4.15. The molecule has 1 aromatic carbocycles. The van der Waals surface area contributed by atoms with E-state index in [4.69, 9.17) is 25.8 Å². The molecule has 9 heteroatoms. The Morgan fingerprint density at radius 2 is 2.06 bits per heavy atom. The molecule has 1 aromatic heterocycles. The van der Waals surface area contributed by atoms with Crippen molar-refractivity contribution in [3.8, 4) is 11.5 Å². The highest BCUT2D eigenvalue weighted by molar-refractivity contribution is 6.46. The van der Waals surface area contributed by atoms with E-state index in [1.54, 1.807) is 24.5 Å². The number of carbonyl (C=O) groups is 2. The number of likely N-dealkylation sites (tertiary alicyclic amines) is 1. The van der Waals surface area contributed by atoms with Gasteiger partial charge in [0.2, 0.25) is 0 Å². The molecule has 168 valence electrons. The van der Waals surface area contributed by atoms with E-state index < -0.39 is 17.7 Å². The van der Waals surface area contributed by atoms with Crippen LogP contribution in [0.1, 0.15) is 30.0 Å². The first-order chi connectivity index (χ1) is 15.5. The van der Waals surface area contributed by atoms with Crippen molar-refractivity contribution in [2.75, 3.05) is 27.4 Å². The molecule has 2 atom stereocenters. The van der Waals surface area contributed by atoms with Gasteiger partial charge in [0.15, 0.2) is 0 Å². The number of methoxy groups -OCH3 is 2. The number of ether oxygens (including phenoxy) is 3. The van der Waals surface area contributed by atoms with Crippen molar-refractivity contribution in [2.45, 2.75) is 25.0 Å². The molecular formula is C23H23ClN2O6. The predicted molar refractivity (Wildman–Crippen MR) is 117 cm³/mol. The average Bonchev–Trinajstić information content (AvgIpc) is 3.41. The Bertz CT molecular complexity index is 1070. The van der Waals surface area contributed by atoms with Gasteiger partial charge in [-0.15, -0.1) is 0 Å². The molecule has 2 fully saturated rings. The number of rotatable bonds is 6. The Balaban J connectivity index is 1.88. The number of amides is 1. The van der Waals surface area contributed by atoms with Crippen LogP contribution in [0.5, 0.6) is 11.5 Å². The molecule has 32 heavy (non-hydrogen) atoms. The van der Waals surface area contributed by atoms with Gasteiger partial charge in [0.25, 0.3) is 11.7 Å². The summed E-state index contributed by atoms with van der Waals surface area (Å²) in [5.74, 6) is -1.33. The lowest BCUT2D eigenvalue weighted by molar-refractivity contribution is -0.140. The smallest absolute Gasteiger partial charge is 0.295 e. The van der Waals surface area contributed by atoms with E-state index in [2.05, 4.69) is 4.98 Å². The lowest BCUT2D eigenvalue weighted by Gasteiger charge is -2.27. The third-order valence-electron chi connectivity index (χ3n) is 5.69. The molecule has 3 heterocycles. The molecule has 4 rings (SSSR count). The standard InChI is InChI=1S/C23H23ClN2O6/c1-30-17-10-16(24)18(31-2)9-15(17)21(27)19-20(13-5-3-7-25-11-13)26(23(29)22(19)28)12-14-6-4-8-32-14/h3,5,7,9-11,14,20,27H,4,6,8,12H2,1-2H3/b21-19+. The summed E-state index contributed by atoms with van der Waals surface area (Å²) >= 11 is 6.19. The number of pyridine rings is 1. The van der Waals surface area contributed by atoms with Gasteiger partial charge in [-0.25, -0.2) is 0 Å². The molecule has 0 saturated carbocycles. The van der Waals surface area contributed by atoms with Crippen LogP contribution in [0, 0.1) is 0 Å². The lowest BCUT2D eigenvalue weighted by atomic mass is 9.95. The van der Waals surface area contributed by atoms with Crippen molar-refractivity contribution in [3.63, 3.8) is 0 Å². The first-order valence-electron chi connectivity index (χ1n) is 10.2. The molecule has 8 nitrogen and oxygen atoms in total. The van der Waals surface area contributed by atoms with Crippen LogP contribution >= 0.6 is 11.6 Å². The predicted octanol–water partition coefficient (Wildman–Crippen LogP) is 3.35. The average molecular weight is 459 g/mol. The number of carbonyl (C=O) groups excluding carboxylic acids is 2. The van der Waals surface area contributed by atoms with Gasteiger partial charge in [-0.2, -0.15) is 0 Å². The Labute approximate surface area is 190 Å². The van der Waals surface area contributed by atoms with Gasteiger partial charge in [-0.05, 0) is 30.5 Å². The monoisotopic (exact) mass is 458 g/mol. The number of Topliss-reactive ketones (excluding diaryl/α,β-unsaturated/α-hetero) is 1. The van der Waals surface area contributed by atoms with Crippen LogP contribution in [-0.4, -0.2) is 60.2 Å². The number of benzene rings is 1. The molecule has 0 bridgehead atoms. The number of hydrogen-bond donors (Lipinski definition) is 1. The van der Waals surface area contributed by atoms with Crippen LogP contribution in [0.4, 0.5) is 0 Å². The Morgan fingerprint density at radius 1 is 1.28 bits per heavy atom. The van der Waals surface area contributed by atoms with Crippen LogP contribution in [-0.2, 0) is 14.3 Å². The van der Waals surface area contributed by atoms with Crippen LogP contribution in [0.2, 0.25) is 5.02 Å². The van der Waals surface area contributed by atoms with Crippen molar-refractivity contribution >= 4 is 29.1 Å². The van der Waals surface area contributed by atoms with E-state index in [1.807, 2.05) is 0 Å². The quantitative estimate of drug-likeness (QED) is 0.402. The molecule has 0 spiro atoms. The highest BCUT2D eigenvalue weighted by atomic mass is 35.5. The summed E-state index contributed by atoms with van der Waals surface area (Å²) in [4.78, 5) is 31.8. The van der Waals surface area contributed by atoms with Gasteiger partial charge in [0.05, 0.1) is 42.5 Å². The molecule has 2 aliphatic heterocycles. The summed E-state index contributed by atoms with van der Waals surface area (Å²) in [5, 5.41) is 11.6. The molecule has 1 N–H and O–H groups in total. The van der Waals surface area contributed by atoms with Crippen molar-refractivity contribution < 1.29 is 28.9 Å². The fourth-order valence-corrected chi connectivity index (χ4v) is 4.38. The molecule has 0 radical (unpaired) electrons. The molecule has 1 amide bonds. The van der Waals surface area contributed by atoms with E-state index in [0.717, 1.165) is 12.8 Å². The number of aliphatic hydroxyl groups excluding tert-OH is 1. The molecule has 0 aliphatic carbocycles. The Morgan fingerprint density at radius 3 is 2.69 bits per heavy atom. The summed E-state index contributed by atoms with van der Waals surface area (Å²) in [5.41, 5.74) is 0.743. The second-order valence-electron chi connectivity index (χ2n) is 7.56. The maximum atomic E-state index is 13.1. The van der Waals surface area contributed by atoms with E-state index in [9.17, 15) is 14.7 Å². The number of aliphatic hydroxyl groups is 1. The summed E-state index contributed by atoms with van der Waals surface area (Å²) in [7, 11) is 2.86. The second kappa shape index (κ2) is 9.18. The van der Waals surface area contributed by atoms with Gasteiger partial charge >= 0.3 is 0 Å². The fraction of sp³-hybridized carbons (Fsp3) is 0.348. The Hall–Kier alpha value is -3.10. The van der Waals surface area contributed by atoms with Gasteiger partial charge in [0, 0.05) is 31.6 Å². The molecule has 2 saturated heterocycles. The molecule has 2 aliphatic rings. The van der Waals surface area contributed by atoms with Crippen molar-refractivity contribution in [3.05, 3.63) is 58.4 Å². The highest BCUT2D eigenvalue weighted by Gasteiger charge is 2.47. The Kier molecular flexibility index (Phi) is 6.34. The summed E-state index contributed by atoms with van der Waals surface area (Å²) in [6, 6.07) is 5.62. The minimum Gasteiger partial charge on any atom is -0.507 e. The SMILES string of the molecule is COc1cc(/C(O)=C2\C(=O)C(=O)N(CC3CCCO3)C2c2cccnc2)c(OC)cc1Cl. The first-order valence-corrected chi connectivity index (χ1v) is 10.6. The summed E-state index contributed by atoms with van der Waals surface area (Å²) < 4.78 is 16.3. The van der Waals surface area contributed by atoms with E-state index in [0.29, 0.717) is 17.9 Å². The van der Waals surface area contributed by atoms with Crippen LogP contribution < -0.4 is 9.47 Å². The van der Waals surface area contributed by atoms with E-state index >= 15 is 0 Å². The first kappa shape index (κ1) is 22.1. The molecule has 2 aromatic rings.